The molecule has 0 saturated heterocycles. The summed E-state index contributed by atoms with van der Waals surface area (Å²) in [6.45, 7) is 3.85. The number of fused-ring (bicyclic) bond motifs is 3. The maximum Gasteiger partial charge on any atom is 0.185 e. The van der Waals surface area contributed by atoms with Crippen LogP contribution in [0.25, 0.3) is 16.4 Å². The second-order valence-electron chi connectivity index (χ2n) is 4.16. The van der Waals surface area contributed by atoms with Crippen molar-refractivity contribution < 1.29 is 0 Å². The summed E-state index contributed by atoms with van der Waals surface area (Å²) in [4.78, 5) is 0. The van der Waals surface area contributed by atoms with Crippen molar-refractivity contribution >= 4 is 27.9 Å². The molecule has 3 rings (SSSR count). The van der Waals surface area contributed by atoms with Crippen LogP contribution in [0.4, 0.5) is 5.82 Å². The zero-order valence-corrected chi connectivity index (χ0v) is 10.1. The Morgan fingerprint density at radius 3 is 2.78 bits per heavy atom. The number of hydrazone groups is 1. The van der Waals surface area contributed by atoms with Crippen molar-refractivity contribution in [2.45, 2.75) is 13.8 Å². The van der Waals surface area contributed by atoms with Crippen LogP contribution >= 0.6 is 0 Å². The zero-order valence-electron chi connectivity index (χ0n) is 10.1. The molecular weight excluding hydrogens is 228 g/mol. The highest BCUT2D eigenvalue weighted by Crippen LogP contribution is 2.23. The van der Waals surface area contributed by atoms with Crippen LogP contribution in [0.15, 0.2) is 35.7 Å². The predicted molar refractivity (Wildman–Crippen MR) is 70.7 cm³/mol. The molecule has 0 atom stereocenters. The normalized spacial score (nSPS) is 10.8. The number of rotatable bonds is 2. The van der Waals surface area contributed by atoms with Gasteiger partial charge >= 0.3 is 0 Å². The first kappa shape index (κ1) is 10.6. The largest absolute Gasteiger partial charge is 0.259 e. The highest BCUT2D eigenvalue weighted by molar-refractivity contribution is 5.99. The van der Waals surface area contributed by atoms with Gasteiger partial charge in [0.15, 0.2) is 11.5 Å². The van der Waals surface area contributed by atoms with Crippen LogP contribution in [0.1, 0.15) is 13.8 Å². The molecule has 0 amide bonds. The molecule has 0 radical (unpaired) electrons. The summed E-state index contributed by atoms with van der Waals surface area (Å²) in [5.41, 5.74) is 4.65. The van der Waals surface area contributed by atoms with Crippen LogP contribution in [-0.4, -0.2) is 25.5 Å². The fourth-order valence-electron chi connectivity index (χ4n) is 1.77. The first-order chi connectivity index (χ1) is 8.75. The van der Waals surface area contributed by atoms with Crippen LogP contribution < -0.4 is 5.43 Å². The Balaban J connectivity index is 2.30. The number of hydrogen-bond donors (Lipinski definition) is 1. The second-order valence-corrected chi connectivity index (χ2v) is 4.16. The maximum absolute atomic E-state index is 4.41. The maximum atomic E-state index is 4.41. The summed E-state index contributed by atoms with van der Waals surface area (Å²) in [7, 11) is 0. The van der Waals surface area contributed by atoms with Gasteiger partial charge in [-0.2, -0.15) is 9.62 Å². The highest BCUT2D eigenvalue weighted by Gasteiger charge is 2.08. The Labute approximate surface area is 103 Å². The molecule has 0 spiro atoms. The van der Waals surface area contributed by atoms with E-state index in [1.807, 2.05) is 38.1 Å². The van der Waals surface area contributed by atoms with E-state index in [2.05, 4.69) is 25.8 Å². The van der Waals surface area contributed by atoms with Gasteiger partial charge in [-0.1, -0.05) is 24.3 Å². The molecule has 0 bridgehead atoms. The van der Waals surface area contributed by atoms with E-state index in [1.165, 1.54) is 0 Å². The third-order valence-corrected chi connectivity index (χ3v) is 2.55. The van der Waals surface area contributed by atoms with Crippen LogP contribution in [0, 0.1) is 0 Å². The summed E-state index contributed by atoms with van der Waals surface area (Å²) >= 11 is 0. The zero-order chi connectivity index (χ0) is 12.5. The minimum atomic E-state index is 0.694. The molecule has 1 aromatic carbocycles. The van der Waals surface area contributed by atoms with E-state index in [-0.39, 0.29) is 0 Å². The number of nitrogens with zero attached hydrogens (tertiary/aromatic N) is 5. The molecule has 3 aromatic rings. The predicted octanol–water partition coefficient (Wildman–Crippen LogP) is 2.09. The molecule has 1 N–H and O–H groups in total. The van der Waals surface area contributed by atoms with Crippen molar-refractivity contribution in [2.75, 3.05) is 5.43 Å². The van der Waals surface area contributed by atoms with Crippen LogP contribution in [0.2, 0.25) is 0 Å². The van der Waals surface area contributed by atoms with Gasteiger partial charge in [0, 0.05) is 16.5 Å². The molecule has 2 aromatic heterocycles. The van der Waals surface area contributed by atoms with Gasteiger partial charge in [0.2, 0.25) is 0 Å². The number of anilines is 1. The molecule has 6 heteroatoms. The Morgan fingerprint density at radius 1 is 1.22 bits per heavy atom. The van der Waals surface area contributed by atoms with Gasteiger partial charge in [0.25, 0.3) is 0 Å². The third kappa shape index (κ3) is 1.67. The van der Waals surface area contributed by atoms with E-state index in [1.54, 1.807) is 10.8 Å². The lowest BCUT2D eigenvalue weighted by atomic mass is 10.2. The van der Waals surface area contributed by atoms with Crippen LogP contribution in [0.3, 0.4) is 0 Å². The molecule has 0 unspecified atom stereocenters. The standard InChI is InChI=1S/C12H12N6/c1-8(2)14-15-11-9-5-3-4-6-10(9)12-16-13-7-18(12)17-11/h3-7H,1-2H3,(H,15,17). The van der Waals surface area contributed by atoms with E-state index in [0.717, 1.165) is 22.1 Å². The molecule has 18 heavy (non-hydrogen) atoms. The number of benzene rings is 1. The van der Waals surface area contributed by atoms with Crippen molar-refractivity contribution in [1.29, 1.82) is 0 Å². The van der Waals surface area contributed by atoms with Crippen molar-refractivity contribution in [3.8, 4) is 0 Å². The Morgan fingerprint density at radius 2 is 2.00 bits per heavy atom. The molecule has 0 aliphatic rings. The summed E-state index contributed by atoms with van der Waals surface area (Å²) in [5.74, 6) is 0.694. The summed E-state index contributed by atoms with van der Waals surface area (Å²) < 4.78 is 1.64. The van der Waals surface area contributed by atoms with Crippen molar-refractivity contribution in [3.05, 3.63) is 30.6 Å². The summed E-state index contributed by atoms with van der Waals surface area (Å²) in [6.07, 6.45) is 1.58. The average molecular weight is 240 g/mol. The molecule has 0 saturated carbocycles. The minimum absolute atomic E-state index is 0.694. The number of nitrogens with one attached hydrogen (secondary N) is 1. The lowest BCUT2D eigenvalue weighted by Gasteiger charge is -2.06. The molecule has 90 valence electrons. The second kappa shape index (κ2) is 4.06. The fourth-order valence-corrected chi connectivity index (χ4v) is 1.77. The smallest absolute Gasteiger partial charge is 0.185 e. The van der Waals surface area contributed by atoms with Crippen molar-refractivity contribution in [1.82, 2.24) is 19.8 Å². The van der Waals surface area contributed by atoms with Crippen LogP contribution in [-0.2, 0) is 0 Å². The lowest BCUT2D eigenvalue weighted by molar-refractivity contribution is 0.934. The van der Waals surface area contributed by atoms with Gasteiger partial charge < -0.3 is 0 Å². The van der Waals surface area contributed by atoms with Gasteiger partial charge in [0.1, 0.15) is 6.33 Å². The molecule has 0 aliphatic heterocycles. The van der Waals surface area contributed by atoms with Gasteiger partial charge in [-0.15, -0.1) is 15.3 Å². The van der Waals surface area contributed by atoms with Crippen LogP contribution in [0.5, 0.6) is 0 Å². The van der Waals surface area contributed by atoms with Crippen molar-refractivity contribution in [3.63, 3.8) is 0 Å². The number of hydrogen-bond acceptors (Lipinski definition) is 5. The SMILES string of the molecule is CC(C)=NNc1nn2cnnc2c2ccccc12. The van der Waals surface area contributed by atoms with E-state index < -0.39 is 0 Å². The molecular formula is C12H12N6. The lowest BCUT2D eigenvalue weighted by Crippen LogP contribution is -2.01. The Hall–Kier alpha value is -2.50. The van der Waals surface area contributed by atoms with Gasteiger partial charge in [-0.05, 0) is 13.8 Å². The van der Waals surface area contributed by atoms with E-state index in [4.69, 9.17) is 0 Å². The Kier molecular flexibility index (Phi) is 2.40. The number of aromatic nitrogens is 4. The third-order valence-electron chi connectivity index (χ3n) is 2.55. The summed E-state index contributed by atoms with van der Waals surface area (Å²) in [5, 5.41) is 18.5. The first-order valence-corrected chi connectivity index (χ1v) is 5.61. The minimum Gasteiger partial charge on any atom is -0.259 e. The quantitative estimate of drug-likeness (QED) is 0.550. The van der Waals surface area contributed by atoms with Gasteiger partial charge in [-0.25, -0.2) is 0 Å². The van der Waals surface area contributed by atoms with Crippen molar-refractivity contribution in [2.24, 2.45) is 5.10 Å². The van der Waals surface area contributed by atoms with Gasteiger partial charge in [-0.3, -0.25) is 5.43 Å². The van der Waals surface area contributed by atoms with E-state index in [9.17, 15) is 0 Å². The summed E-state index contributed by atoms with van der Waals surface area (Å²) in [6, 6.07) is 7.91. The molecule has 2 heterocycles. The molecule has 0 aliphatic carbocycles. The van der Waals surface area contributed by atoms with Gasteiger partial charge in [0.05, 0.1) is 0 Å². The average Bonchev–Trinajstić information content (AvgIpc) is 2.84. The molecule has 6 nitrogen and oxygen atoms in total. The van der Waals surface area contributed by atoms with E-state index >= 15 is 0 Å². The highest BCUT2D eigenvalue weighted by atomic mass is 15.4. The Bertz CT molecular complexity index is 738. The molecule has 0 fully saturated rings. The topological polar surface area (TPSA) is 67.5 Å². The monoisotopic (exact) mass is 240 g/mol. The first-order valence-electron chi connectivity index (χ1n) is 5.61. The fraction of sp³-hybridized carbons (Fsp3) is 0.167. The van der Waals surface area contributed by atoms with E-state index in [0.29, 0.717) is 5.82 Å².